The van der Waals surface area contributed by atoms with Gasteiger partial charge in [-0.3, -0.25) is 0 Å². The molecule has 2 aromatic carbocycles. The van der Waals surface area contributed by atoms with Crippen LogP contribution in [0.4, 0.5) is 5.69 Å². The van der Waals surface area contributed by atoms with Gasteiger partial charge >= 0.3 is 0 Å². The lowest BCUT2D eigenvalue weighted by Gasteiger charge is -2.38. The van der Waals surface area contributed by atoms with Crippen LogP contribution in [-0.2, 0) is 12.8 Å². The number of likely N-dealkylation sites (tertiary alicyclic amines) is 1. The van der Waals surface area contributed by atoms with E-state index in [1.54, 1.807) is 0 Å². The minimum absolute atomic E-state index is 0.563. The summed E-state index contributed by atoms with van der Waals surface area (Å²) >= 11 is 6.08. The van der Waals surface area contributed by atoms with Crippen LogP contribution in [0.1, 0.15) is 29.5 Å². The van der Waals surface area contributed by atoms with Crippen molar-refractivity contribution in [3.63, 3.8) is 0 Å². The first-order valence-corrected chi connectivity index (χ1v) is 9.88. The molecule has 0 saturated carbocycles. The van der Waals surface area contributed by atoms with Crippen molar-refractivity contribution in [1.82, 2.24) is 4.90 Å². The van der Waals surface area contributed by atoms with Crippen molar-refractivity contribution in [2.24, 2.45) is 0 Å². The summed E-state index contributed by atoms with van der Waals surface area (Å²) in [5.74, 6) is 0. The van der Waals surface area contributed by atoms with Gasteiger partial charge in [0.15, 0.2) is 0 Å². The van der Waals surface area contributed by atoms with Crippen LogP contribution in [0.25, 0.3) is 0 Å². The molecule has 4 heteroatoms. The zero-order valence-corrected chi connectivity index (χ0v) is 15.8. The second kappa shape index (κ2) is 7.70. The lowest BCUT2D eigenvalue weighted by molar-refractivity contribution is 0.212. The molecule has 0 aliphatic carbocycles. The van der Waals surface area contributed by atoms with E-state index in [9.17, 15) is 5.26 Å². The van der Waals surface area contributed by atoms with Gasteiger partial charge in [-0.1, -0.05) is 35.9 Å². The maximum atomic E-state index is 9.46. The molecule has 0 bridgehead atoms. The predicted octanol–water partition coefficient (Wildman–Crippen LogP) is 4.28. The number of rotatable bonds is 4. The molecule has 2 aliphatic heterocycles. The van der Waals surface area contributed by atoms with E-state index in [2.05, 4.69) is 34.1 Å². The molecule has 1 fully saturated rings. The first kappa shape index (κ1) is 17.4. The van der Waals surface area contributed by atoms with Crippen LogP contribution in [0.5, 0.6) is 0 Å². The zero-order valence-electron chi connectivity index (χ0n) is 15.0. The number of hydrogen-bond acceptors (Lipinski definition) is 3. The van der Waals surface area contributed by atoms with Gasteiger partial charge in [0.2, 0.25) is 0 Å². The van der Waals surface area contributed by atoms with Gasteiger partial charge in [-0.25, -0.2) is 0 Å². The Labute approximate surface area is 160 Å². The number of fused-ring (bicyclic) bond motifs is 1. The number of hydrogen-bond donors (Lipinski definition) is 0. The number of piperidine rings is 1. The van der Waals surface area contributed by atoms with Crippen LogP contribution < -0.4 is 4.90 Å². The van der Waals surface area contributed by atoms with Crippen molar-refractivity contribution in [3.05, 3.63) is 64.2 Å². The summed E-state index contributed by atoms with van der Waals surface area (Å²) in [5.41, 5.74) is 4.69. The SMILES string of the molecule is N#Cc1cccc2c1N(C1CCN(CCc3cccc(Cl)c3)CC1)CC2. The predicted molar refractivity (Wildman–Crippen MR) is 107 cm³/mol. The second-order valence-electron chi connectivity index (χ2n) is 7.32. The van der Waals surface area contributed by atoms with E-state index < -0.39 is 0 Å². The van der Waals surface area contributed by atoms with Gasteiger partial charge in [0.1, 0.15) is 6.07 Å². The molecule has 0 atom stereocenters. The summed E-state index contributed by atoms with van der Waals surface area (Å²) in [5, 5.41) is 10.3. The molecular weight excluding hydrogens is 342 g/mol. The highest BCUT2D eigenvalue weighted by molar-refractivity contribution is 6.30. The Balaban J connectivity index is 1.35. The third-order valence-corrected chi connectivity index (χ3v) is 5.99. The maximum Gasteiger partial charge on any atom is 0.101 e. The molecule has 1 saturated heterocycles. The van der Waals surface area contributed by atoms with E-state index in [1.807, 2.05) is 24.3 Å². The Bertz CT molecular complexity index is 818. The minimum atomic E-state index is 0.563. The van der Waals surface area contributed by atoms with Crippen LogP contribution in [0.3, 0.4) is 0 Å². The lowest BCUT2D eigenvalue weighted by Crippen LogP contribution is -2.45. The van der Waals surface area contributed by atoms with E-state index >= 15 is 0 Å². The van der Waals surface area contributed by atoms with Gasteiger partial charge in [0.05, 0.1) is 11.3 Å². The van der Waals surface area contributed by atoms with Gasteiger partial charge < -0.3 is 9.80 Å². The van der Waals surface area contributed by atoms with E-state index in [4.69, 9.17) is 11.6 Å². The molecule has 0 aromatic heterocycles. The fourth-order valence-electron chi connectivity index (χ4n) is 4.37. The van der Waals surface area contributed by atoms with Gasteiger partial charge in [0, 0.05) is 37.2 Å². The average Bonchev–Trinajstić information content (AvgIpc) is 3.11. The quantitative estimate of drug-likeness (QED) is 0.810. The van der Waals surface area contributed by atoms with E-state index in [0.29, 0.717) is 6.04 Å². The Morgan fingerprint density at radius 2 is 1.88 bits per heavy atom. The van der Waals surface area contributed by atoms with Gasteiger partial charge in [-0.15, -0.1) is 0 Å². The Hall–Kier alpha value is -2.02. The number of benzene rings is 2. The standard InChI is InChI=1S/C22H24ClN3/c23-20-6-1-3-17(15-20)7-11-25-12-9-21(10-13-25)26-14-8-18-4-2-5-19(16-24)22(18)26/h1-6,15,21H,7-14H2. The number of nitriles is 1. The van der Waals surface area contributed by atoms with Crippen molar-refractivity contribution in [1.29, 1.82) is 5.26 Å². The topological polar surface area (TPSA) is 30.3 Å². The number of anilines is 1. The van der Waals surface area contributed by atoms with Gasteiger partial charge in [0.25, 0.3) is 0 Å². The zero-order chi connectivity index (χ0) is 17.9. The van der Waals surface area contributed by atoms with Crippen molar-refractivity contribution in [3.8, 4) is 6.07 Å². The summed E-state index contributed by atoms with van der Waals surface area (Å²) in [7, 11) is 0. The van der Waals surface area contributed by atoms with Crippen molar-refractivity contribution in [2.45, 2.75) is 31.7 Å². The van der Waals surface area contributed by atoms with Gasteiger partial charge in [-0.2, -0.15) is 5.26 Å². The van der Waals surface area contributed by atoms with Crippen LogP contribution >= 0.6 is 11.6 Å². The molecule has 26 heavy (non-hydrogen) atoms. The number of nitrogens with zero attached hydrogens (tertiary/aromatic N) is 3. The number of halogens is 1. The van der Waals surface area contributed by atoms with Gasteiger partial charge in [-0.05, 0) is 55.0 Å². The monoisotopic (exact) mass is 365 g/mol. The molecule has 4 rings (SSSR count). The fraction of sp³-hybridized carbons (Fsp3) is 0.409. The molecule has 0 spiro atoms. The summed E-state index contributed by atoms with van der Waals surface area (Å²) in [6.45, 7) is 4.41. The van der Waals surface area contributed by atoms with Crippen LogP contribution in [0, 0.1) is 11.3 Å². The summed E-state index contributed by atoms with van der Waals surface area (Å²) in [4.78, 5) is 5.06. The molecule has 0 amide bonds. The summed E-state index contributed by atoms with van der Waals surface area (Å²) in [6, 6.07) is 17.3. The fourth-order valence-corrected chi connectivity index (χ4v) is 4.59. The Morgan fingerprint density at radius 3 is 2.65 bits per heavy atom. The van der Waals surface area contributed by atoms with Crippen LogP contribution in [0.2, 0.25) is 5.02 Å². The molecule has 0 N–H and O–H groups in total. The van der Waals surface area contributed by atoms with Crippen molar-refractivity contribution in [2.75, 3.05) is 31.1 Å². The normalized spacial score (nSPS) is 17.9. The highest BCUT2D eigenvalue weighted by Gasteiger charge is 2.30. The molecule has 134 valence electrons. The van der Waals surface area contributed by atoms with Crippen molar-refractivity contribution < 1.29 is 0 Å². The number of para-hydroxylation sites is 1. The highest BCUT2D eigenvalue weighted by atomic mass is 35.5. The average molecular weight is 366 g/mol. The molecule has 2 aliphatic rings. The third kappa shape index (κ3) is 3.58. The molecule has 3 nitrogen and oxygen atoms in total. The molecular formula is C22H24ClN3. The molecule has 0 radical (unpaired) electrons. The third-order valence-electron chi connectivity index (χ3n) is 5.75. The Morgan fingerprint density at radius 1 is 1.08 bits per heavy atom. The summed E-state index contributed by atoms with van der Waals surface area (Å²) in [6.07, 6.45) is 4.47. The smallest absolute Gasteiger partial charge is 0.101 e. The highest BCUT2D eigenvalue weighted by Crippen LogP contribution is 2.35. The van der Waals surface area contributed by atoms with Crippen LogP contribution in [0.15, 0.2) is 42.5 Å². The molecule has 0 unspecified atom stereocenters. The van der Waals surface area contributed by atoms with Crippen molar-refractivity contribution >= 4 is 17.3 Å². The Kier molecular flexibility index (Phi) is 5.15. The lowest BCUT2D eigenvalue weighted by atomic mass is 10.0. The largest absolute Gasteiger partial charge is 0.367 e. The first-order chi connectivity index (χ1) is 12.7. The van der Waals surface area contributed by atoms with E-state index in [0.717, 1.165) is 49.6 Å². The summed E-state index contributed by atoms with van der Waals surface area (Å²) < 4.78 is 0. The first-order valence-electron chi connectivity index (χ1n) is 9.50. The van der Waals surface area contributed by atoms with E-state index in [-0.39, 0.29) is 0 Å². The van der Waals surface area contributed by atoms with E-state index in [1.165, 1.54) is 29.7 Å². The van der Waals surface area contributed by atoms with Crippen LogP contribution in [-0.4, -0.2) is 37.1 Å². The maximum absolute atomic E-state index is 9.46. The second-order valence-corrected chi connectivity index (χ2v) is 7.76. The molecule has 2 heterocycles. The molecule has 2 aromatic rings. The minimum Gasteiger partial charge on any atom is -0.367 e.